The summed E-state index contributed by atoms with van der Waals surface area (Å²) in [7, 11) is 3.24. The molecule has 2 aromatic heterocycles. The van der Waals surface area contributed by atoms with Gasteiger partial charge in [0, 0.05) is 52.4 Å². The highest BCUT2D eigenvalue weighted by Gasteiger charge is 2.19. The zero-order valence-corrected chi connectivity index (χ0v) is 17.7. The number of rotatable bonds is 7. The van der Waals surface area contributed by atoms with E-state index in [1.165, 1.54) is 23.3 Å². The average molecular weight is 429 g/mol. The molecule has 0 saturated carbocycles. The van der Waals surface area contributed by atoms with E-state index in [4.69, 9.17) is 5.41 Å². The van der Waals surface area contributed by atoms with Gasteiger partial charge in [-0.1, -0.05) is 0 Å². The van der Waals surface area contributed by atoms with Crippen LogP contribution in [0.4, 0.5) is 11.4 Å². The van der Waals surface area contributed by atoms with Gasteiger partial charge < -0.3 is 24.7 Å². The maximum absolute atomic E-state index is 12.5. The first-order chi connectivity index (χ1) is 14.8. The maximum Gasteiger partial charge on any atom is 0.287 e. The van der Waals surface area contributed by atoms with Gasteiger partial charge in [0.25, 0.3) is 17.5 Å². The number of carbonyl (C=O) groups excluding carboxylic acids is 2. The number of nitrogens with one attached hydrogen (secondary N) is 3. The second-order valence-corrected chi connectivity index (χ2v) is 7.63. The van der Waals surface area contributed by atoms with Gasteiger partial charge in [-0.25, -0.2) is 0 Å². The second kappa shape index (κ2) is 9.45. The standard InChI is InChI=1S/C20H27N7O4/c1-24-12-14(23-20(29)17-11-15(27(30)31)13-25(17)2)10-16(24)19(28)22-7-6-18(21)26-8-4-3-5-9-26/h10-13,21H,3-9H2,1-2H3,(H,22,28)(H,23,29). The number of anilines is 1. The third-order valence-corrected chi connectivity index (χ3v) is 5.31. The van der Waals surface area contributed by atoms with Gasteiger partial charge in [0.2, 0.25) is 0 Å². The number of hydrogen-bond acceptors (Lipinski definition) is 5. The molecule has 11 heteroatoms. The normalized spacial score (nSPS) is 13.7. The Morgan fingerprint density at radius 2 is 1.71 bits per heavy atom. The summed E-state index contributed by atoms with van der Waals surface area (Å²) in [6.45, 7) is 2.16. The summed E-state index contributed by atoms with van der Waals surface area (Å²) in [5, 5.41) is 24.5. The summed E-state index contributed by atoms with van der Waals surface area (Å²) >= 11 is 0. The molecule has 3 rings (SSSR count). The fourth-order valence-corrected chi connectivity index (χ4v) is 3.63. The van der Waals surface area contributed by atoms with E-state index in [2.05, 4.69) is 15.5 Å². The molecule has 2 amide bonds. The monoisotopic (exact) mass is 429 g/mol. The first-order valence-electron chi connectivity index (χ1n) is 10.2. The lowest BCUT2D eigenvalue weighted by atomic mass is 10.1. The van der Waals surface area contributed by atoms with Crippen molar-refractivity contribution in [2.45, 2.75) is 25.7 Å². The van der Waals surface area contributed by atoms with Crippen molar-refractivity contribution in [3.63, 3.8) is 0 Å². The van der Waals surface area contributed by atoms with Crippen molar-refractivity contribution < 1.29 is 14.5 Å². The van der Waals surface area contributed by atoms with Crippen molar-refractivity contribution in [1.29, 1.82) is 5.41 Å². The Kier molecular flexibility index (Phi) is 6.73. The van der Waals surface area contributed by atoms with Crippen LogP contribution in [0.15, 0.2) is 24.5 Å². The molecule has 1 fully saturated rings. The fourth-order valence-electron chi connectivity index (χ4n) is 3.63. The van der Waals surface area contributed by atoms with Gasteiger partial charge in [-0.15, -0.1) is 0 Å². The summed E-state index contributed by atoms with van der Waals surface area (Å²) in [5.74, 6) is -0.274. The van der Waals surface area contributed by atoms with Gasteiger partial charge in [0.1, 0.15) is 11.4 Å². The van der Waals surface area contributed by atoms with Crippen LogP contribution < -0.4 is 10.6 Å². The molecule has 0 aromatic carbocycles. The molecule has 0 unspecified atom stereocenters. The molecule has 0 spiro atoms. The van der Waals surface area contributed by atoms with E-state index in [1.54, 1.807) is 30.9 Å². The quantitative estimate of drug-likeness (QED) is 0.268. The summed E-state index contributed by atoms with van der Waals surface area (Å²) in [6, 6.07) is 2.74. The highest BCUT2D eigenvalue weighted by Crippen LogP contribution is 2.18. The third-order valence-electron chi connectivity index (χ3n) is 5.31. The summed E-state index contributed by atoms with van der Waals surface area (Å²) in [5.41, 5.74) is 0.730. The van der Waals surface area contributed by atoms with Crippen LogP contribution in [0, 0.1) is 15.5 Å². The summed E-state index contributed by atoms with van der Waals surface area (Å²) in [6.07, 6.45) is 6.73. The highest BCUT2D eigenvalue weighted by molar-refractivity contribution is 6.04. The highest BCUT2D eigenvalue weighted by atomic mass is 16.6. The Morgan fingerprint density at radius 3 is 2.35 bits per heavy atom. The van der Waals surface area contributed by atoms with Crippen LogP contribution in [-0.2, 0) is 14.1 Å². The lowest BCUT2D eigenvalue weighted by Crippen LogP contribution is -2.37. The van der Waals surface area contributed by atoms with Crippen molar-refractivity contribution in [3.05, 3.63) is 46.0 Å². The lowest BCUT2D eigenvalue weighted by Gasteiger charge is -2.29. The van der Waals surface area contributed by atoms with Gasteiger partial charge in [0.15, 0.2) is 0 Å². The lowest BCUT2D eigenvalue weighted by molar-refractivity contribution is -0.384. The first kappa shape index (κ1) is 22.1. The van der Waals surface area contributed by atoms with Gasteiger partial charge in [-0.05, 0) is 25.3 Å². The van der Waals surface area contributed by atoms with Crippen LogP contribution in [0.3, 0.4) is 0 Å². The van der Waals surface area contributed by atoms with E-state index < -0.39 is 10.8 Å². The van der Waals surface area contributed by atoms with Crippen molar-refractivity contribution in [3.8, 4) is 0 Å². The Labute approximate surface area is 179 Å². The predicted octanol–water partition coefficient (Wildman–Crippen LogP) is 2.11. The minimum Gasteiger partial charge on any atom is -0.361 e. The minimum atomic E-state index is -0.563. The van der Waals surface area contributed by atoms with Crippen LogP contribution in [0.5, 0.6) is 0 Å². The fraction of sp³-hybridized carbons (Fsp3) is 0.450. The van der Waals surface area contributed by atoms with Crippen LogP contribution in [0.2, 0.25) is 0 Å². The molecule has 3 N–H and O–H groups in total. The number of amidine groups is 1. The van der Waals surface area contributed by atoms with Gasteiger partial charge >= 0.3 is 0 Å². The van der Waals surface area contributed by atoms with Crippen LogP contribution >= 0.6 is 0 Å². The van der Waals surface area contributed by atoms with E-state index in [1.807, 2.05) is 0 Å². The van der Waals surface area contributed by atoms with Crippen LogP contribution in [-0.4, -0.2) is 56.2 Å². The third kappa shape index (κ3) is 5.30. The molecular formula is C20H27N7O4. The van der Waals surface area contributed by atoms with Crippen molar-refractivity contribution >= 4 is 29.0 Å². The number of likely N-dealkylation sites (tertiary alicyclic amines) is 1. The van der Waals surface area contributed by atoms with Gasteiger partial charge in [0.05, 0.1) is 22.6 Å². The maximum atomic E-state index is 12.5. The zero-order valence-electron chi connectivity index (χ0n) is 17.7. The van der Waals surface area contributed by atoms with Gasteiger partial charge in [-0.2, -0.15) is 0 Å². The molecule has 1 saturated heterocycles. The Morgan fingerprint density at radius 1 is 1.06 bits per heavy atom. The Hall–Kier alpha value is -3.63. The molecule has 3 heterocycles. The van der Waals surface area contributed by atoms with Crippen molar-refractivity contribution in [1.82, 2.24) is 19.4 Å². The molecule has 1 aliphatic heterocycles. The van der Waals surface area contributed by atoms with E-state index in [0.29, 0.717) is 30.2 Å². The van der Waals surface area contributed by atoms with Crippen LogP contribution in [0.25, 0.3) is 0 Å². The smallest absolute Gasteiger partial charge is 0.287 e. The molecule has 0 atom stereocenters. The molecule has 1 aliphatic rings. The average Bonchev–Trinajstić information content (AvgIpc) is 3.31. The summed E-state index contributed by atoms with van der Waals surface area (Å²) < 4.78 is 2.97. The number of carbonyl (C=O) groups is 2. The molecule has 0 radical (unpaired) electrons. The molecule has 2 aromatic rings. The first-order valence-corrected chi connectivity index (χ1v) is 10.2. The van der Waals surface area contributed by atoms with E-state index in [9.17, 15) is 19.7 Å². The van der Waals surface area contributed by atoms with Crippen LogP contribution in [0.1, 0.15) is 46.7 Å². The largest absolute Gasteiger partial charge is 0.361 e. The number of hydrogen-bond donors (Lipinski definition) is 3. The topological polar surface area (TPSA) is 138 Å². The van der Waals surface area contributed by atoms with Crippen molar-refractivity contribution in [2.75, 3.05) is 25.0 Å². The second-order valence-electron chi connectivity index (χ2n) is 7.63. The van der Waals surface area contributed by atoms with E-state index >= 15 is 0 Å². The molecule has 11 nitrogen and oxygen atoms in total. The molecule has 0 bridgehead atoms. The van der Waals surface area contributed by atoms with Gasteiger partial charge in [-0.3, -0.25) is 25.1 Å². The Bertz CT molecular complexity index is 1000. The van der Waals surface area contributed by atoms with E-state index in [0.717, 1.165) is 25.9 Å². The van der Waals surface area contributed by atoms with Crippen molar-refractivity contribution in [2.24, 2.45) is 14.1 Å². The Balaban J connectivity index is 1.56. The summed E-state index contributed by atoms with van der Waals surface area (Å²) in [4.78, 5) is 37.4. The number of aromatic nitrogens is 2. The molecule has 0 aliphatic carbocycles. The number of piperidine rings is 1. The molecule has 166 valence electrons. The SMILES string of the molecule is Cn1cc(NC(=O)c2cc([N+](=O)[O-])cn2C)cc1C(=O)NCCC(=N)N1CCCCC1. The number of amides is 2. The van der Waals surface area contributed by atoms with E-state index in [-0.39, 0.29) is 17.3 Å². The number of aryl methyl sites for hydroxylation is 2. The molecule has 31 heavy (non-hydrogen) atoms. The number of nitro groups is 1. The molecular weight excluding hydrogens is 402 g/mol. The zero-order chi connectivity index (χ0) is 22.5. The number of nitrogens with zero attached hydrogens (tertiary/aromatic N) is 4. The minimum absolute atomic E-state index is 0.137. The predicted molar refractivity (Wildman–Crippen MR) is 116 cm³/mol.